The lowest BCUT2D eigenvalue weighted by Crippen LogP contribution is -2.58. The predicted molar refractivity (Wildman–Crippen MR) is 120 cm³/mol. The number of anilines is 1. The van der Waals surface area contributed by atoms with Gasteiger partial charge in [-0.2, -0.15) is 0 Å². The van der Waals surface area contributed by atoms with Crippen molar-refractivity contribution in [2.24, 2.45) is 0 Å². The Bertz CT molecular complexity index is 1100. The Hall–Kier alpha value is -1.96. The van der Waals surface area contributed by atoms with Crippen LogP contribution >= 0.6 is 27.5 Å². The number of benzene rings is 2. The third-order valence-corrected chi connectivity index (χ3v) is 7.35. The van der Waals surface area contributed by atoms with E-state index in [1.165, 1.54) is 11.9 Å². The fourth-order valence-electron chi connectivity index (χ4n) is 4.46. The van der Waals surface area contributed by atoms with Crippen LogP contribution in [0.1, 0.15) is 18.9 Å². The second-order valence-electron chi connectivity index (χ2n) is 7.90. The minimum absolute atomic E-state index is 0.175. The summed E-state index contributed by atoms with van der Waals surface area (Å²) >= 11 is 9.67. The van der Waals surface area contributed by atoms with Crippen molar-refractivity contribution in [2.75, 3.05) is 24.6 Å². The summed E-state index contributed by atoms with van der Waals surface area (Å²) in [6.45, 7) is 5.29. The summed E-state index contributed by atoms with van der Waals surface area (Å²) in [5.41, 5.74) is 1.53. The van der Waals surface area contributed by atoms with Crippen LogP contribution in [0.3, 0.4) is 0 Å². The highest BCUT2D eigenvalue weighted by molar-refractivity contribution is 9.10. The van der Waals surface area contributed by atoms with Crippen LogP contribution in [-0.2, 0) is 6.54 Å². The summed E-state index contributed by atoms with van der Waals surface area (Å²) in [5, 5.41) is 0.780. The molecule has 156 valence electrons. The lowest BCUT2D eigenvalue weighted by Gasteiger charge is -2.47. The molecule has 8 heteroatoms. The summed E-state index contributed by atoms with van der Waals surface area (Å²) in [6, 6.07) is 11.0. The normalized spacial score (nSPS) is 21.7. The highest BCUT2D eigenvalue weighted by Gasteiger charge is 2.36. The molecule has 5 rings (SSSR count). The first-order chi connectivity index (χ1) is 14.5. The van der Waals surface area contributed by atoms with Crippen molar-refractivity contribution in [3.05, 3.63) is 57.5 Å². The Morgan fingerprint density at radius 3 is 2.83 bits per heavy atom. The van der Waals surface area contributed by atoms with Gasteiger partial charge >= 0.3 is 0 Å². The van der Waals surface area contributed by atoms with Gasteiger partial charge in [-0.15, -0.1) is 0 Å². The minimum Gasteiger partial charge on any atom is -0.491 e. The zero-order valence-electron chi connectivity index (χ0n) is 16.5. The maximum atomic E-state index is 14.9. The second-order valence-corrected chi connectivity index (χ2v) is 9.07. The van der Waals surface area contributed by atoms with Crippen molar-refractivity contribution in [3.63, 3.8) is 0 Å². The van der Waals surface area contributed by atoms with E-state index in [2.05, 4.69) is 66.9 Å². The molecule has 30 heavy (non-hydrogen) atoms. The molecule has 2 aliphatic heterocycles. The molecule has 0 N–H and O–H groups in total. The van der Waals surface area contributed by atoms with Crippen LogP contribution in [0.5, 0.6) is 5.75 Å². The van der Waals surface area contributed by atoms with Crippen LogP contribution in [-0.4, -0.2) is 46.6 Å². The van der Waals surface area contributed by atoms with Gasteiger partial charge in [0.25, 0.3) is 0 Å². The fourth-order valence-corrected chi connectivity index (χ4v) is 5.05. The van der Waals surface area contributed by atoms with Gasteiger partial charge in [-0.05, 0) is 28.4 Å². The van der Waals surface area contributed by atoms with Crippen LogP contribution in [0.4, 0.5) is 10.2 Å². The summed E-state index contributed by atoms with van der Waals surface area (Å²) in [7, 11) is 0. The van der Waals surface area contributed by atoms with E-state index in [-0.39, 0.29) is 21.1 Å². The van der Waals surface area contributed by atoms with Crippen LogP contribution in [0, 0.1) is 5.82 Å². The average Bonchev–Trinajstić information content (AvgIpc) is 2.75. The number of fused-ring (bicyclic) bond motifs is 2. The van der Waals surface area contributed by atoms with Gasteiger partial charge in [-0.1, -0.05) is 41.9 Å². The van der Waals surface area contributed by atoms with E-state index in [1.54, 1.807) is 0 Å². The van der Waals surface area contributed by atoms with Gasteiger partial charge in [-0.3, -0.25) is 4.90 Å². The molecule has 1 aromatic heterocycles. The Morgan fingerprint density at radius 1 is 1.23 bits per heavy atom. The van der Waals surface area contributed by atoms with Crippen LogP contribution < -0.4 is 9.64 Å². The molecule has 2 aromatic carbocycles. The SMILES string of the molecule is C[C@@H]1CN2c3ncnc4c(F)c(Br)c(Cl)c(c34)OCC[C@H]2CN1Cc1ccccc1. The molecule has 0 bridgehead atoms. The maximum absolute atomic E-state index is 14.9. The standard InChI is InChI=1S/C22H21BrClFN4O/c1-13-9-29-15(11-28(13)10-14-5-3-2-4-6-14)7-8-30-21-16-20(26-12-27-22(16)29)19(25)17(23)18(21)24/h2-6,12-13,15H,7-11H2,1H3/t13-,15+/m1/s1. The lowest BCUT2D eigenvalue weighted by atomic mass is 10.0. The third kappa shape index (κ3) is 3.33. The molecule has 3 aromatic rings. The summed E-state index contributed by atoms with van der Waals surface area (Å²) in [5.74, 6) is 0.659. The zero-order chi connectivity index (χ0) is 20.8. The van der Waals surface area contributed by atoms with Crippen molar-refractivity contribution in [3.8, 4) is 5.75 Å². The van der Waals surface area contributed by atoms with Crippen LogP contribution in [0.2, 0.25) is 5.02 Å². The number of hydrogen-bond acceptors (Lipinski definition) is 5. The molecular formula is C22H21BrClFN4O. The van der Waals surface area contributed by atoms with Crippen molar-refractivity contribution in [2.45, 2.75) is 32.0 Å². The Morgan fingerprint density at radius 2 is 2.03 bits per heavy atom. The molecule has 3 heterocycles. The van der Waals surface area contributed by atoms with Crippen LogP contribution in [0.15, 0.2) is 41.1 Å². The first kappa shape index (κ1) is 20.0. The van der Waals surface area contributed by atoms with Crippen LogP contribution in [0.25, 0.3) is 10.9 Å². The van der Waals surface area contributed by atoms with Gasteiger partial charge < -0.3 is 9.64 Å². The maximum Gasteiger partial charge on any atom is 0.165 e. The number of hydrogen-bond donors (Lipinski definition) is 0. The molecule has 1 fully saturated rings. The van der Waals surface area contributed by atoms with Gasteiger partial charge in [0.1, 0.15) is 22.7 Å². The summed E-state index contributed by atoms with van der Waals surface area (Å²) in [4.78, 5) is 13.5. The largest absolute Gasteiger partial charge is 0.491 e. The molecule has 0 saturated carbocycles. The van der Waals surface area contributed by atoms with Gasteiger partial charge in [0.05, 0.1) is 16.5 Å². The van der Waals surface area contributed by atoms with Crippen molar-refractivity contribution < 1.29 is 9.13 Å². The Balaban J connectivity index is 1.55. The monoisotopic (exact) mass is 490 g/mol. The van der Waals surface area contributed by atoms with E-state index >= 15 is 0 Å². The first-order valence-electron chi connectivity index (χ1n) is 10.0. The second kappa shape index (κ2) is 7.94. The van der Waals surface area contributed by atoms with E-state index < -0.39 is 5.82 Å². The molecule has 0 unspecified atom stereocenters. The van der Waals surface area contributed by atoms with Gasteiger partial charge in [0.15, 0.2) is 11.6 Å². The third-order valence-electron chi connectivity index (χ3n) is 6.02. The Kier molecular flexibility index (Phi) is 5.29. The van der Waals surface area contributed by atoms with E-state index in [1.807, 2.05) is 6.07 Å². The molecule has 2 atom stereocenters. The Labute approximate surface area is 187 Å². The van der Waals surface area contributed by atoms with Crippen molar-refractivity contribution in [1.82, 2.24) is 14.9 Å². The number of halogens is 3. The highest BCUT2D eigenvalue weighted by atomic mass is 79.9. The van der Waals surface area contributed by atoms with E-state index in [0.717, 1.165) is 26.1 Å². The number of ether oxygens (including phenoxy) is 1. The summed E-state index contributed by atoms with van der Waals surface area (Å²) < 4.78 is 21.1. The molecule has 0 spiro atoms. The van der Waals surface area contributed by atoms with Crippen molar-refractivity contribution in [1.29, 1.82) is 0 Å². The quantitative estimate of drug-likeness (QED) is 0.470. The van der Waals surface area contributed by atoms with E-state index in [0.29, 0.717) is 29.6 Å². The van der Waals surface area contributed by atoms with Gasteiger partial charge in [-0.25, -0.2) is 14.4 Å². The molecule has 0 aliphatic carbocycles. The molecule has 1 saturated heterocycles. The van der Waals surface area contributed by atoms with E-state index in [4.69, 9.17) is 16.3 Å². The average molecular weight is 492 g/mol. The topological polar surface area (TPSA) is 41.5 Å². The summed E-state index contributed by atoms with van der Waals surface area (Å²) in [6.07, 6.45) is 2.25. The smallest absolute Gasteiger partial charge is 0.165 e. The molecule has 5 nitrogen and oxygen atoms in total. The molecular weight excluding hydrogens is 471 g/mol. The van der Waals surface area contributed by atoms with Gasteiger partial charge in [0.2, 0.25) is 0 Å². The number of piperazine rings is 1. The number of rotatable bonds is 2. The van der Waals surface area contributed by atoms with Crippen molar-refractivity contribution >= 4 is 44.3 Å². The lowest BCUT2D eigenvalue weighted by molar-refractivity contribution is 0.140. The van der Waals surface area contributed by atoms with E-state index in [9.17, 15) is 4.39 Å². The highest BCUT2D eigenvalue weighted by Crippen LogP contribution is 2.45. The number of aromatic nitrogens is 2. The first-order valence-corrected chi connectivity index (χ1v) is 11.2. The molecule has 2 aliphatic rings. The number of nitrogens with zero attached hydrogens (tertiary/aromatic N) is 4. The van der Waals surface area contributed by atoms with Gasteiger partial charge in [0, 0.05) is 38.1 Å². The fraction of sp³-hybridized carbons (Fsp3) is 0.364. The predicted octanol–water partition coefficient (Wildman–Crippen LogP) is 5.05. The zero-order valence-corrected chi connectivity index (χ0v) is 18.8. The molecule has 0 radical (unpaired) electrons. The molecule has 0 amide bonds. The minimum atomic E-state index is -0.487.